The standard InChI is InChI=1S/C22H34N4O6/c1-13(2)20(24-14(3)28)22(32)26-16(10-15-8-6-5-7-9-15)18(29)11-19(30)25-17(12-27)21(31)23-4/h5-9,13,16-18,20,27,29H,10-12H2,1-4H3,(H,23,31)(H,24,28)(H,25,30)(H,26,32)/t16-,17-,18-,20-/m0/s1. The van der Waals surface area contributed by atoms with Crippen LogP contribution in [-0.2, 0) is 25.6 Å². The quantitative estimate of drug-likeness (QED) is 0.236. The molecule has 1 aromatic carbocycles. The van der Waals surface area contributed by atoms with Gasteiger partial charge in [-0.05, 0) is 17.9 Å². The molecule has 0 unspecified atom stereocenters. The third kappa shape index (κ3) is 9.03. The lowest BCUT2D eigenvalue weighted by atomic mass is 9.97. The van der Waals surface area contributed by atoms with E-state index in [1.54, 1.807) is 13.8 Å². The van der Waals surface area contributed by atoms with E-state index in [-0.39, 0.29) is 18.2 Å². The van der Waals surface area contributed by atoms with Crippen LogP contribution in [0.4, 0.5) is 0 Å². The monoisotopic (exact) mass is 450 g/mol. The lowest BCUT2D eigenvalue weighted by Gasteiger charge is -2.28. The van der Waals surface area contributed by atoms with Crippen molar-refractivity contribution in [1.29, 1.82) is 0 Å². The fraction of sp³-hybridized carbons (Fsp3) is 0.545. The highest BCUT2D eigenvalue weighted by molar-refractivity contribution is 5.88. The van der Waals surface area contributed by atoms with Crippen LogP contribution in [0.15, 0.2) is 30.3 Å². The van der Waals surface area contributed by atoms with E-state index < -0.39 is 55.0 Å². The Morgan fingerprint density at radius 1 is 0.969 bits per heavy atom. The van der Waals surface area contributed by atoms with Crippen molar-refractivity contribution in [3.63, 3.8) is 0 Å². The Labute approximate surface area is 188 Å². The van der Waals surface area contributed by atoms with Crippen molar-refractivity contribution in [3.8, 4) is 0 Å². The molecule has 10 heteroatoms. The first-order chi connectivity index (χ1) is 15.1. The van der Waals surface area contributed by atoms with Gasteiger partial charge in [0.05, 0.1) is 25.2 Å². The summed E-state index contributed by atoms with van der Waals surface area (Å²) in [6, 6.07) is 6.33. The summed E-state index contributed by atoms with van der Waals surface area (Å²) < 4.78 is 0. The first kappa shape index (κ1) is 27.1. The maximum Gasteiger partial charge on any atom is 0.244 e. The predicted octanol–water partition coefficient (Wildman–Crippen LogP) is -1.15. The highest BCUT2D eigenvalue weighted by Gasteiger charge is 2.30. The Bertz CT molecular complexity index is 771. The van der Waals surface area contributed by atoms with Crippen LogP contribution < -0.4 is 21.3 Å². The third-order valence-corrected chi connectivity index (χ3v) is 4.87. The summed E-state index contributed by atoms with van der Waals surface area (Å²) >= 11 is 0. The van der Waals surface area contributed by atoms with Crippen LogP contribution in [0.25, 0.3) is 0 Å². The fourth-order valence-corrected chi connectivity index (χ4v) is 3.13. The van der Waals surface area contributed by atoms with Crippen LogP contribution in [-0.4, -0.2) is 71.7 Å². The molecule has 0 saturated carbocycles. The van der Waals surface area contributed by atoms with Gasteiger partial charge in [0.15, 0.2) is 0 Å². The van der Waals surface area contributed by atoms with Gasteiger partial charge < -0.3 is 31.5 Å². The number of hydrogen-bond donors (Lipinski definition) is 6. The fourth-order valence-electron chi connectivity index (χ4n) is 3.13. The van der Waals surface area contributed by atoms with Gasteiger partial charge in [-0.25, -0.2) is 0 Å². The molecule has 0 aliphatic carbocycles. The van der Waals surface area contributed by atoms with E-state index in [4.69, 9.17) is 0 Å². The number of amides is 4. The smallest absolute Gasteiger partial charge is 0.244 e. The van der Waals surface area contributed by atoms with E-state index in [2.05, 4.69) is 21.3 Å². The topological polar surface area (TPSA) is 157 Å². The largest absolute Gasteiger partial charge is 0.394 e. The summed E-state index contributed by atoms with van der Waals surface area (Å²) in [5.74, 6) is -2.26. The molecule has 178 valence electrons. The van der Waals surface area contributed by atoms with E-state index in [1.165, 1.54) is 14.0 Å². The number of carbonyl (C=O) groups excluding carboxylic acids is 4. The molecule has 10 nitrogen and oxygen atoms in total. The molecule has 0 aliphatic rings. The predicted molar refractivity (Wildman–Crippen MR) is 118 cm³/mol. The van der Waals surface area contributed by atoms with Gasteiger partial charge in [-0.15, -0.1) is 0 Å². The molecule has 0 radical (unpaired) electrons. The Morgan fingerprint density at radius 3 is 2.09 bits per heavy atom. The van der Waals surface area contributed by atoms with Crippen LogP contribution in [0, 0.1) is 5.92 Å². The van der Waals surface area contributed by atoms with Crippen LogP contribution in [0.2, 0.25) is 0 Å². The van der Waals surface area contributed by atoms with E-state index >= 15 is 0 Å². The second kappa shape index (κ2) is 13.4. The van der Waals surface area contributed by atoms with Crippen LogP contribution >= 0.6 is 0 Å². The zero-order chi connectivity index (χ0) is 24.3. The van der Waals surface area contributed by atoms with Crippen molar-refractivity contribution in [1.82, 2.24) is 21.3 Å². The number of aliphatic hydroxyl groups excluding tert-OH is 2. The Balaban J connectivity index is 2.97. The number of hydrogen-bond acceptors (Lipinski definition) is 6. The third-order valence-electron chi connectivity index (χ3n) is 4.87. The van der Waals surface area contributed by atoms with Crippen LogP contribution in [0.3, 0.4) is 0 Å². The van der Waals surface area contributed by atoms with Gasteiger partial charge in [-0.1, -0.05) is 44.2 Å². The van der Waals surface area contributed by atoms with Gasteiger partial charge in [-0.3, -0.25) is 19.2 Å². The average Bonchev–Trinajstić information content (AvgIpc) is 2.74. The summed E-state index contributed by atoms with van der Waals surface area (Å²) in [6.07, 6.45) is -1.45. The summed E-state index contributed by atoms with van der Waals surface area (Å²) in [7, 11) is 1.37. The molecule has 0 spiro atoms. The summed E-state index contributed by atoms with van der Waals surface area (Å²) in [5, 5.41) is 30.1. The Kier molecular flexibility index (Phi) is 11.4. The minimum Gasteiger partial charge on any atom is -0.394 e. The van der Waals surface area contributed by atoms with Crippen molar-refractivity contribution in [2.45, 2.75) is 57.8 Å². The SMILES string of the molecule is CNC(=O)[C@H](CO)NC(=O)C[C@H](O)[C@H](Cc1ccccc1)NC(=O)[C@@H](NC(C)=O)C(C)C. The maximum absolute atomic E-state index is 12.8. The Hall–Kier alpha value is -2.98. The number of likely N-dealkylation sites (N-methyl/N-ethyl adjacent to an activating group) is 1. The second-order valence-corrected chi connectivity index (χ2v) is 7.92. The minimum absolute atomic E-state index is 0.199. The van der Waals surface area contributed by atoms with Gasteiger partial charge in [0, 0.05) is 14.0 Å². The van der Waals surface area contributed by atoms with E-state index in [0.717, 1.165) is 5.56 Å². The zero-order valence-corrected chi connectivity index (χ0v) is 18.9. The number of carbonyl (C=O) groups is 4. The van der Waals surface area contributed by atoms with Crippen molar-refractivity contribution in [2.24, 2.45) is 5.92 Å². The summed E-state index contributed by atoms with van der Waals surface area (Å²) in [6.45, 7) is 4.28. The molecular weight excluding hydrogens is 416 g/mol. The minimum atomic E-state index is -1.28. The van der Waals surface area contributed by atoms with E-state index in [9.17, 15) is 29.4 Å². The number of rotatable bonds is 12. The van der Waals surface area contributed by atoms with E-state index in [1.807, 2.05) is 30.3 Å². The van der Waals surface area contributed by atoms with E-state index in [0.29, 0.717) is 0 Å². The lowest BCUT2D eigenvalue weighted by Crippen LogP contribution is -2.55. The van der Waals surface area contributed by atoms with Crippen molar-refractivity contribution >= 4 is 23.6 Å². The molecule has 0 aliphatic heterocycles. The second-order valence-electron chi connectivity index (χ2n) is 7.92. The molecule has 0 aromatic heterocycles. The van der Waals surface area contributed by atoms with Crippen LogP contribution in [0.5, 0.6) is 0 Å². The summed E-state index contributed by atoms with van der Waals surface area (Å²) in [4.78, 5) is 48.3. The normalized spacial score (nSPS) is 14.6. The average molecular weight is 451 g/mol. The number of benzene rings is 1. The highest BCUT2D eigenvalue weighted by atomic mass is 16.3. The molecule has 0 heterocycles. The first-order valence-corrected chi connectivity index (χ1v) is 10.5. The van der Waals surface area contributed by atoms with Crippen LogP contribution in [0.1, 0.15) is 32.8 Å². The van der Waals surface area contributed by atoms with Gasteiger partial charge in [0.2, 0.25) is 23.6 Å². The molecule has 4 amide bonds. The molecule has 1 aromatic rings. The molecule has 0 saturated heterocycles. The van der Waals surface area contributed by atoms with Gasteiger partial charge in [0.25, 0.3) is 0 Å². The molecule has 0 bridgehead atoms. The van der Waals surface area contributed by atoms with Crippen molar-refractivity contribution in [2.75, 3.05) is 13.7 Å². The number of aliphatic hydroxyl groups is 2. The first-order valence-electron chi connectivity index (χ1n) is 10.5. The molecule has 0 fully saturated rings. The zero-order valence-electron chi connectivity index (χ0n) is 18.9. The van der Waals surface area contributed by atoms with Gasteiger partial charge in [0.1, 0.15) is 12.1 Å². The molecule has 6 N–H and O–H groups in total. The lowest BCUT2D eigenvalue weighted by molar-refractivity contribution is -0.132. The number of nitrogens with one attached hydrogen (secondary N) is 4. The van der Waals surface area contributed by atoms with Crippen molar-refractivity contribution < 1.29 is 29.4 Å². The molecule has 32 heavy (non-hydrogen) atoms. The molecule has 1 rings (SSSR count). The van der Waals surface area contributed by atoms with Gasteiger partial charge >= 0.3 is 0 Å². The molecular formula is C22H34N4O6. The Morgan fingerprint density at radius 2 is 1.59 bits per heavy atom. The summed E-state index contributed by atoms with van der Waals surface area (Å²) in [5.41, 5.74) is 0.830. The highest BCUT2D eigenvalue weighted by Crippen LogP contribution is 2.11. The van der Waals surface area contributed by atoms with Crippen molar-refractivity contribution in [3.05, 3.63) is 35.9 Å². The van der Waals surface area contributed by atoms with Gasteiger partial charge in [-0.2, -0.15) is 0 Å². The maximum atomic E-state index is 12.8. The molecule has 4 atom stereocenters.